The lowest BCUT2D eigenvalue weighted by Gasteiger charge is -2.08. The maximum Gasteiger partial charge on any atom is 0.0981 e. The monoisotopic (exact) mass is 124 g/mol. The minimum atomic E-state index is 0.0972. The molecule has 9 heavy (non-hydrogen) atoms. The van der Waals surface area contributed by atoms with Crippen LogP contribution in [0.1, 0.15) is 13.8 Å². The van der Waals surface area contributed by atoms with Crippen molar-refractivity contribution in [1.82, 2.24) is 5.32 Å². The van der Waals surface area contributed by atoms with Crippen LogP contribution in [0.5, 0.6) is 0 Å². The normalized spacial score (nSPS) is 42.6. The highest BCUT2D eigenvalue weighted by Crippen LogP contribution is 2.19. The van der Waals surface area contributed by atoms with Crippen LogP contribution in [0.2, 0.25) is 0 Å². The van der Waals surface area contributed by atoms with E-state index in [1.54, 1.807) is 0 Å². The molecule has 2 heteroatoms. The summed E-state index contributed by atoms with van der Waals surface area (Å²) in [6.45, 7) is 5.30. The lowest BCUT2D eigenvalue weighted by molar-refractivity contribution is 0.462. The maximum atomic E-state index is 8.54. The molecule has 1 rings (SSSR count). The molecular weight excluding hydrogens is 112 g/mol. The third-order valence-corrected chi connectivity index (χ3v) is 2.22. The zero-order valence-electron chi connectivity index (χ0n) is 5.89. The summed E-state index contributed by atoms with van der Waals surface area (Å²) in [5.74, 6) is 1.18. The molecule has 1 saturated heterocycles. The molecule has 0 bridgehead atoms. The van der Waals surface area contributed by atoms with Gasteiger partial charge < -0.3 is 5.32 Å². The molecular formula is C7H12N2. The van der Waals surface area contributed by atoms with Crippen molar-refractivity contribution in [2.75, 3.05) is 6.54 Å². The van der Waals surface area contributed by atoms with E-state index < -0.39 is 0 Å². The average molecular weight is 124 g/mol. The summed E-state index contributed by atoms with van der Waals surface area (Å²) in [5, 5.41) is 11.7. The van der Waals surface area contributed by atoms with Crippen LogP contribution in [-0.2, 0) is 0 Å². The molecule has 0 saturated carbocycles. The van der Waals surface area contributed by atoms with E-state index in [4.69, 9.17) is 5.26 Å². The standard InChI is InChI=1S/C7H12N2/c1-5-4-9-7(3-8)6(5)2/h5-7,9H,4H2,1-2H3/t5-,6-,7-/m0/s1. The molecule has 0 radical (unpaired) electrons. The topological polar surface area (TPSA) is 35.8 Å². The highest BCUT2D eigenvalue weighted by molar-refractivity contribution is 4.99. The van der Waals surface area contributed by atoms with Crippen molar-refractivity contribution >= 4 is 0 Å². The van der Waals surface area contributed by atoms with Crippen LogP contribution >= 0.6 is 0 Å². The predicted molar refractivity (Wildman–Crippen MR) is 35.7 cm³/mol. The molecule has 0 aromatic heterocycles. The second kappa shape index (κ2) is 2.36. The molecule has 50 valence electrons. The van der Waals surface area contributed by atoms with E-state index in [0.29, 0.717) is 11.8 Å². The second-order valence-electron chi connectivity index (χ2n) is 2.85. The summed E-state index contributed by atoms with van der Waals surface area (Å²) in [5.41, 5.74) is 0. The van der Waals surface area contributed by atoms with Crippen molar-refractivity contribution in [1.29, 1.82) is 5.26 Å². The Kier molecular flexibility index (Phi) is 1.73. The Bertz CT molecular complexity index is 136. The van der Waals surface area contributed by atoms with Gasteiger partial charge in [-0.1, -0.05) is 13.8 Å². The van der Waals surface area contributed by atoms with Gasteiger partial charge in [-0.05, 0) is 18.4 Å². The van der Waals surface area contributed by atoms with Gasteiger partial charge >= 0.3 is 0 Å². The minimum absolute atomic E-state index is 0.0972. The van der Waals surface area contributed by atoms with Crippen LogP contribution in [0.4, 0.5) is 0 Å². The third kappa shape index (κ3) is 1.06. The zero-order chi connectivity index (χ0) is 6.85. The molecule has 1 N–H and O–H groups in total. The van der Waals surface area contributed by atoms with E-state index >= 15 is 0 Å². The van der Waals surface area contributed by atoms with Gasteiger partial charge in [0, 0.05) is 0 Å². The minimum Gasteiger partial charge on any atom is -0.301 e. The van der Waals surface area contributed by atoms with Gasteiger partial charge in [0.05, 0.1) is 12.1 Å². The fraction of sp³-hybridized carbons (Fsp3) is 0.857. The lowest BCUT2D eigenvalue weighted by Crippen LogP contribution is -2.23. The smallest absolute Gasteiger partial charge is 0.0981 e. The number of rotatable bonds is 0. The van der Waals surface area contributed by atoms with Crippen molar-refractivity contribution in [2.45, 2.75) is 19.9 Å². The summed E-state index contributed by atoms with van der Waals surface area (Å²) in [6.07, 6.45) is 0. The summed E-state index contributed by atoms with van der Waals surface area (Å²) in [7, 11) is 0. The molecule has 1 heterocycles. The molecule has 1 aliphatic rings. The summed E-state index contributed by atoms with van der Waals surface area (Å²) in [6, 6.07) is 2.33. The Hall–Kier alpha value is -0.550. The van der Waals surface area contributed by atoms with Crippen molar-refractivity contribution in [3.05, 3.63) is 0 Å². The molecule has 0 amide bonds. The first kappa shape index (κ1) is 6.57. The zero-order valence-corrected chi connectivity index (χ0v) is 5.89. The molecule has 3 atom stereocenters. The quantitative estimate of drug-likeness (QED) is 0.517. The number of hydrogen-bond acceptors (Lipinski definition) is 2. The molecule has 0 aliphatic carbocycles. The Balaban J connectivity index is 2.54. The van der Waals surface area contributed by atoms with Gasteiger partial charge in [0.2, 0.25) is 0 Å². The summed E-state index contributed by atoms with van der Waals surface area (Å²) < 4.78 is 0. The fourth-order valence-corrected chi connectivity index (χ4v) is 1.18. The van der Waals surface area contributed by atoms with E-state index in [1.165, 1.54) is 0 Å². The van der Waals surface area contributed by atoms with E-state index in [1.807, 2.05) is 0 Å². The fourth-order valence-electron chi connectivity index (χ4n) is 1.18. The van der Waals surface area contributed by atoms with Gasteiger partial charge in [-0.25, -0.2) is 0 Å². The second-order valence-corrected chi connectivity index (χ2v) is 2.85. The molecule has 1 fully saturated rings. The molecule has 0 aromatic carbocycles. The van der Waals surface area contributed by atoms with Gasteiger partial charge in [-0.3, -0.25) is 0 Å². The van der Waals surface area contributed by atoms with Crippen LogP contribution in [0.25, 0.3) is 0 Å². The highest BCUT2D eigenvalue weighted by atomic mass is 15.0. The first-order valence-corrected chi connectivity index (χ1v) is 3.38. The van der Waals surface area contributed by atoms with Crippen molar-refractivity contribution in [2.24, 2.45) is 11.8 Å². The van der Waals surface area contributed by atoms with Crippen LogP contribution in [0, 0.1) is 23.2 Å². The van der Waals surface area contributed by atoms with E-state index in [9.17, 15) is 0 Å². The first-order valence-electron chi connectivity index (χ1n) is 3.38. The van der Waals surface area contributed by atoms with Crippen LogP contribution in [0.15, 0.2) is 0 Å². The van der Waals surface area contributed by atoms with Crippen molar-refractivity contribution < 1.29 is 0 Å². The Morgan fingerprint density at radius 3 is 2.44 bits per heavy atom. The maximum absolute atomic E-state index is 8.54. The number of hydrogen-bond donors (Lipinski definition) is 1. The lowest BCUT2D eigenvalue weighted by atomic mass is 9.95. The molecule has 0 spiro atoms. The van der Waals surface area contributed by atoms with E-state index in [2.05, 4.69) is 25.2 Å². The molecule has 1 aliphatic heterocycles. The van der Waals surface area contributed by atoms with Gasteiger partial charge in [-0.2, -0.15) is 5.26 Å². The molecule has 0 aromatic rings. The largest absolute Gasteiger partial charge is 0.301 e. The number of nitrogens with one attached hydrogen (secondary N) is 1. The third-order valence-electron chi connectivity index (χ3n) is 2.22. The van der Waals surface area contributed by atoms with Crippen LogP contribution in [0.3, 0.4) is 0 Å². The van der Waals surface area contributed by atoms with Crippen LogP contribution < -0.4 is 5.32 Å². The van der Waals surface area contributed by atoms with E-state index in [0.717, 1.165) is 6.54 Å². The van der Waals surface area contributed by atoms with Gasteiger partial charge in [0.15, 0.2) is 0 Å². The molecule has 2 nitrogen and oxygen atoms in total. The summed E-state index contributed by atoms with van der Waals surface area (Å²) >= 11 is 0. The number of nitrogens with zero attached hydrogens (tertiary/aromatic N) is 1. The van der Waals surface area contributed by atoms with Crippen molar-refractivity contribution in [3.63, 3.8) is 0 Å². The number of nitriles is 1. The molecule has 0 unspecified atom stereocenters. The Morgan fingerprint density at radius 2 is 2.22 bits per heavy atom. The average Bonchev–Trinajstić information content (AvgIpc) is 2.15. The summed E-state index contributed by atoms with van der Waals surface area (Å²) in [4.78, 5) is 0. The van der Waals surface area contributed by atoms with Gasteiger partial charge in [-0.15, -0.1) is 0 Å². The van der Waals surface area contributed by atoms with Gasteiger partial charge in [0.1, 0.15) is 0 Å². The SMILES string of the molecule is C[C@@H]1[C@H](C#N)NC[C@@H]1C. The van der Waals surface area contributed by atoms with Crippen LogP contribution in [-0.4, -0.2) is 12.6 Å². The van der Waals surface area contributed by atoms with E-state index in [-0.39, 0.29) is 6.04 Å². The Morgan fingerprint density at radius 1 is 1.56 bits per heavy atom. The van der Waals surface area contributed by atoms with Gasteiger partial charge in [0.25, 0.3) is 0 Å². The predicted octanol–water partition coefficient (Wildman–Crippen LogP) is 0.754. The first-order chi connectivity index (χ1) is 4.25. The Labute approximate surface area is 55.9 Å². The van der Waals surface area contributed by atoms with Crippen molar-refractivity contribution in [3.8, 4) is 6.07 Å². The highest BCUT2D eigenvalue weighted by Gasteiger charge is 2.28.